The molecule has 0 radical (unpaired) electrons. The van der Waals surface area contributed by atoms with Crippen LogP contribution in [0.2, 0.25) is 0 Å². The molecule has 0 aromatic carbocycles. The smallest absolute Gasteiger partial charge is 0.0790 e. The van der Waals surface area contributed by atoms with Gasteiger partial charge in [-0.15, -0.1) is 0 Å². The highest BCUT2D eigenvalue weighted by molar-refractivity contribution is 5.11. The first-order valence-corrected chi connectivity index (χ1v) is 6.92. The van der Waals surface area contributed by atoms with E-state index in [1.165, 1.54) is 38.5 Å². The average molecular weight is 221 g/mol. The molecule has 0 aliphatic heterocycles. The van der Waals surface area contributed by atoms with Crippen LogP contribution in [0.4, 0.5) is 0 Å². The number of fused-ring (bicyclic) bond motifs is 2. The van der Waals surface area contributed by atoms with Crippen molar-refractivity contribution in [2.75, 3.05) is 0 Å². The molecule has 0 aromatic rings. The first-order valence-electron chi connectivity index (χ1n) is 6.92. The van der Waals surface area contributed by atoms with Gasteiger partial charge in [-0.05, 0) is 50.4 Å². The van der Waals surface area contributed by atoms with Crippen LogP contribution in [-0.2, 0) is 4.84 Å². The van der Waals surface area contributed by atoms with E-state index in [2.05, 4.69) is 24.6 Å². The summed E-state index contributed by atoms with van der Waals surface area (Å²) in [5, 5.41) is 0. The van der Waals surface area contributed by atoms with Crippen molar-refractivity contribution in [3.63, 3.8) is 0 Å². The van der Waals surface area contributed by atoms with Crippen LogP contribution < -0.4 is 5.48 Å². The predicted molar refractivity (Wildman–Crippen MR) is 64.8 cm³/mol. The van der Waals surface area contributed by atoms with Gasteiger partial charge in [0, 0.05) is 6.04 Å². The van der Waals surface area contributed by atoms with E-state index in [-0.39, 0.29) is 0 Å². The molecule has 0 heterocycles. The number of rotatable bonds is 4. The maximum absolute atomic E-state index is 5.81. The molecule has 0 amide bonds. The summed E-state index contributed by atoms with van der Waals surface area (Å²) in [6, 6.07) is 0.514. The van der Waals surface area contributed by atoms with Crippen molar-refractivity contribution in [2.45, 2.75) is 57.6 Å². The molecule has 0 saturated heterocycles. The van der Waals surface area contributed by atoms with Crippen molar-refractivity contribution in [3.8, 4) is 0 Å². The zero-order valence-electron chi connectivity index (χ0n) is 10.2. The SMILES string of the molecule is CC(NOC1CCCC1)C1CC2C=CC1C2. The quantitative estimate of drug-likeness (QED) is 0.582. The third-order valence-electron chi connectivity index (χ3n) is 4.70. The van der Waals surface area contributed by atoms with E-state index in [1.54, 1.807) is 0 Å². The zero-order chi connectivity index (χ0) is 11.0. The van der Waals surface area contributed by atoms with Crippen LogP contribution in [0, 0.1) is 17.8 Å². The molecule has 0 spiro atoms. The Morgan fingerprint density at radius 3 is 2.62 bits per heavy atom. The van der Waals surface area contributed by atoms with Gasteiger partial charge < -0.3 is 0 Å². The van der Waals surface area contributed by atoms with Crippen LogP contribution in [0.15, 0.2) is 12.2 Å². The summed E-state index contributed by atoms with van der Waals surface area (Å²) >= 11 is 0. The van der Waals surface area contributed by atoms with Crippen LogP contribution in [0.3, 0.4) is 0 Å². The first kappa shape index (κ1) is 10.8. The lowest BCUT2D eigenvalue weighted by atomic mass is 9.88. The summed E-state index contributed by atoms with van der Waals surface area (Å²) in [4.78, 5) is 5.81. The van der Waals surface area contributed by atoms with E-state index in [1.807, 2.05) is 0 Å². The Labute approximate surface area is 98.4 Å². The van der Waals surface area contributed by atoms with Crippen LogP contribution in [0.5, 0.6) is 0 Å². The first-order chi connectivity index (χ1) is 7.83. The van der Waals surface area contributed by atoms with Crippen LogP contribution in [-0.4, -0.2) is 12.1 Å². The van der Waals surface area contributed by atoms with Crippen molar-refractivity contribution >= 4 is 0 Å². The highest BCUT2D eigenvalue weighted by Gasteiger charge is 2.38. The molecule has 2 saturated carbocycles. The monoisotopic (exact) mass is 221 g/mol. The second-order valence-electron chi connectivity index (χ2n) is 5.87. The third kappa shape index (κ3) is 2.05. The van der Waals surface area contributed by atoms with Gasteiger partial charge in [0.15, 0.2) is 0 Å². The minimum absolute atomic E-state index is 0.483. The minimum atomic E-state index is 0.483. The minimum Gasteiger partial charge on any atom is -0.298 e. The lowest BCUT2D eigenvalue weighted by Gasteiger charge is -2.27. The van der Waals surface area contributed by atoms with Gasteiger partial charge in [0.2, 0.25) is 0 Å². The second kappa shape index (κ2) is 4.50. The van der Waals surface area contributed by atoms with Gasteiger partial charge in [0.05, 0.1) is 6.10 Å². The van der Waals surface area contributed by atoms with E-state index >= 15 is 0 Å². The second-order valence-corrected chi connectivity index (χ2v) is 5.87. The number of hydrogen-bond donors (Lipinski definition) is 1. The summed E-state index contributed by atoms with van der Waals surface area (Å²) in [5.41, 5.74) is 3.32. The Morgan fingerprint density at radius 2 is 2.00 bits per heavy atom. The molecule has 3 aliphatic rings. The van der Waals surface area contributed by atoms with Gasteiger partial charge in [-0.2, -0.15) is 5.48 Å². The molecule has 2 bridgehead atoms. The standard InChI is InChI=1S/C14H23NO/c1-10(15-16-13-4-2-3-5-13)14-9-11-6-7-12(14)8-11/h6-7,10-15H,2-5,8-9H2,1H3. The molecule has 0 aromatic heterocycles. The summed E-state index contributed by atoms with van der Waals surface area (Å²) in [7, 11) is 0. The Hall–Kier alpha value is -0.340. The van der Waals surface area contributed by atoms with E-state index < -0.39 is 0 Å². The Kier molecular flexibility index (Phi) is 3.03. The molecule has 2 nitrogen and oxygen atoms in total. The summed E-state index contributed by atoms with van der Waals surface area (Å²) in [5.74, 6) is 2.49. The van der Waals surface area contributed by atoms with Gasteiger partial charge >= 0.3 is 0 Å². The number of nitrogens with one attached hydrogen (secondary N) is 1. The van der Waals surface area contributed by atoms with Crippen molar-refractivity contribution in [2.24, 2.45) is 17.8 Å². The number of allylic oxidation sites excluding steroid dienone is 2. The fourth-order valence-electron chi connectivity index (χ4n) is 3.70. The van der Waals surface area contributed by atoms with E-state index in [0.29, 0.717) is 12.1 Å². The predicted octanol–water partition coefficient (Wildman–Crippen LogP) is 3.05. The summed E-state index contributed by atoms with van der Waals surface area (Å²) < 4.78 is 0. The normalized spacial score (nSPS) is 39.7. The molecule has 16 heavy (non-hydrogen) atoms. The van der Waals surface area contributed by atoms with Crippen LogP contribution in [0.25, 0.3) is 0 Å². The van der Waals surface area contributed by atoms with Gasteiger partial charge in [-0.1, -0.05) is 25.0 Å². The lowest BCUT2D eigenvalue weighted by Crippen LogP contribution is -2.37. The molecule has 3 rings (SSSR count). The number of hydroxylamine groups is 1. The molecule has 90 valence electrons. The van der Waals surface area contributed by atoms with Crippen LogP contribution in [0.1, 0.15) is 45.4 Å². The van der Waals surface area contributed by atoms with E-state index in [9.17, 15) is 0 Å². The van der Waals surface area contributed by atoms with Gasteiger partial charge in [-0.25, -0.2) is 0 Å². The fourth-order valence-corrected chi connectivity index (χ4v) is 3.70. The molecule has 4 unspecified atom stereocenters. The number of hydrogen-bond acceptors (Lipinski definition) is 2. The maximum atomic E-state index is 5.81. The molecular formula is C14H23NO. The Morgan fingerprint density at radius 1 is 1.19 bits per heavy atom. The summed E-state index contributed by atoms with van der Waals surface area (Å²) in [6.07, 6.45) is 13.3. The van der Waals surface area contributed by atoms with E-state index in [4.69, 9.17) is 4.84 Å². The summed E-state index contributed by atoms with van der Waals surface area (Å²) in [6.45, 7) is 2.29. The van der Waals surface area contributed by atoms with Crippen molar-refractivity contribution in [3.05, 3.63) is 12.2 Å². The average Bonchev–Trinajstić information content (AvgIpc) is 3.01. The van der Waals surface area contributed by atoms with Gasteiger partial charge in [0.25, 0.3) is 0 Å². The Balaban J connectivity index is 1.46. The molecule has 1 N–H and O–H groups in total. The molecular weight excluding hydrogens is 198 g/mol. The molecule has 4 atom stereocenters. The largest absolute Gasteiger partial charge is 0.298 e. The highest BCUT2D eigenvalue weighted by atomic mass is 16.7. The van der Waals surface area contributed by atoms with Gasteiger partial charge in [0.1, 0.15) is 0 Å². The fraction of sp³-hybridized carbons (Fsp3) is 0.857. The molecule has 2 heteroatoms. The lowest BCUT2D eigenvalue weighted by molar-refractivity contribution is -0.0490. The van der Waals surface area contributed by atoms with E-state index in [0.717, 1.165) is 17.8 Å². The Bertz CT molecular complexity index is 270. The molecule has 2 fully saturated rings. The maximum Gasteiger partial charge on any atom is 0.0790 e. The zero-order valence-corrected chi connectivity index (χ0v) is 10.2. The van der Waals surface area contributed by atoms with Crippen molar-refractivity contribution < 1.29 is 4.84 Å². The highest BCUT2D eigenvalue weighted by Crippen LogP contribution is 2.44. The van der Waals surface area contributed by atoms with Crippen LogP contribution >= 0.6 is 0 Å². The van der Waals surface area contributed by atoms with Crippen molar-refractivity contribution in [1.82, 2.24) is 5.48 Å². The topological polar surface area (TPSA) is 21.3 Å². The third-order valence-corrected chi connectivity index (χ3v) is 4.70. The van der Waals surface area contributed by atoms with Crippen molar-refractivity contribution in [1.29, 1.82) is 0 Å². The molecule has 3 aliphatic carbocycles. The van der Waals surface area contributed by atoms with Gasteiger partial charge in [-0.3, -0.25) is 4.84 Å².